The lowest BCUT2D eigenvalue weighted by atomic mass is 9.81. The van der Waals surface area contributed by atoms with E-state index in [0.717, 1.165) is 35.2 Å². The van der Waals surface area contributed by atoms with Crippen molar-refractivity contribution < 1.29 is 19.1 Å². The Kier molecular flexibility index (Phi) is 14.2. The first-order valence-electron chi connectivity index (χ1n) is 13.2. The SMILES string of the molecule is C=C/C(F)=C\C.C=CC(=C)Cl.CC/C=C(\Nc1scc(-c2ccc(Cl)cc2)c1C(=O)O)C1CC(=O)c2ccccc2C1. The number of carbonyl (C=O) groups is 2. The quantitative estimate of drug-likeness (QED) is 0.244. The molecule has 42 heavy (non-hydrogen) atoms. The van der Waals surface area contributed by atoms with Gasteiger partial charge < -0.3 is 10.4 Å². The van der Waals surface area contributed by atoms with Gasteiger partial charge in [0.2, 0.25) is 0 Å². The van der Waals surface area contributed by atoms with Crippen molar-refractivity contribution in [2.45, 2.75) is 33.1 Å². The zero-order valence-corrected chi connectivity index (χ0v) is 26.0. The predicted molar refractivity (Wildman–Crippen MR) is 177 cm³/mol. The monoisotopic (exact) mass is 625 g/mol. The van der Waals surface area contributed by atoms with E-state index in [4.69, 9.17) is 23.2 Å². The van der Waals surface area contributed by atoms with Gasteiger partial charge >= 0.3 is 5.97 Å². The van der Waals surface area contributed by atoms with Crippen LogP contribution in [0.3, 0.4) is 0 Å². The zero-order chi connectivity index (χ0) is 31.2. The van der Waals surface area contributed by atoms with Crippen molar-refractivity contribution in [2.24, 2.45) is 5.92 Å². The molecule has 220 valence electrons. The third-order valence-electron chi connectivity index (χ3n) is 6.19. The number of fused-ring (bicyclic) bond motifs is 1. The highest BCUT2D eigenvalue weighted by Gasteiger charge is 2.29. The average molecular weight is 627 g/mol. The number of carboxylic acid groups (broad SMARTS) is 1. The van der Waals surface area contributed by atoms with Gasteiger partial charge in [-0.1, -0.05) is 104 Å². The molecule has 1 heterocycles. The molecule has 0 saturated carbocycles. The standard InChI is InChI=1S/C25H22ClNO3S.C5H7F.C4H5Cl/c1-2-5-21(17-12-16-6-3-4-7-19(16)22(28)13-17)27-24-23(25(29)30)20(14-31-24)15-8-10-18(26)11-9-15;1-3-5(6)4-2;1-3-4(2)5/h3-11,14,17,27H,2,12-13H2,1H3,(H,29,30);3-4H,1H2,2H3;3H,1-2H2/b21-5-;5-4+;. The van der Waals surface area contributed by atoms with Gasteiger partial charge in [-0.05, 0) is 49.1 Å². The Morgan fingerprint density at radius 1 is 1.12 bits per heavy atom. The second-order valence-corrected chi connectivity index (χ2v) is 10.9. The molecule has 1 atom stereocenters. The number of rotatable bonds is 8. The third kappa shape index (κ3) is 9.98. The van der Waals surface area contributed by atoms with Gasteiger partial charge in [-0.25, -0.2) is 9.18 Å². The molecule has 0 bridgehead atoms. The van der Waals surface area contributed by atoms with Crippen LogP contribution in [0.4, 0.5) is 9.39 Å². The highest BCUT2D eigenvalue weighted by Crippen LogP contribution is 2.39. The van der Waals surface area contributed by atoms with Crippen molar-refractivity contribution in [3.63, 3.8) is 0 Å². The number of anilines is 1. The molecule has 1 aromatic heterocycles. The fourth-order valence-electron chi connectivity index (χ4n) is 4.15. The summed E-state index contributed by atoms with van der Waals surface area (Å²) >= 11 is 12.5. The molecule has 1 unspecified atom stereocenters. The highest BCUT2D eigenvalue weighted by molar-refractivity contribution is 7.15. The van der Waals surface area contributed by atoms with Crippen molar-refractivity contribution in [2.75, 3.05) is 5.32 Å². The molecular formula is C34H34Cl2FNO3S. The van der Waals surface area contributed by atoms with Gasteiger partial charge in [-0.3, -0.25) is 4.79 Å². The molecule has 0 spiro atoms. The molecule has 8 heteroatoms. The number of thiophene rings is 1. The maximum Gasteiger partial charge on any atom is 0.339 e. The predicted octanol–water partition coefficient (Wildman–Crippen LogP) is 10.9. The summed E-state index contributed by atoms with van der Waals surface area (Å²) < 4.78 is 11.6. The number of Topliss-reactive ketones (excluding diaryl/α,β-unsaturated/α-hetero) is 1. The van der Waals surface area contributed by atoms with E-state index in [9.17, 15) is 19.1 Å². The summed E-state index contributed by atoms with van der Waals surface area (Å²) in [6.45, 7) is 13.5. The van der Waals surface area contributed by atoms with Crippen LogP contribution < -0.4 is 5.32 Å². The molecule has 0 amide bonds. The highest BCUT2D eigenvalue weighted by atomic mass is 35.5. The van der Waals surface area contributed by atoms with Crippen LogP contribution in [-0.4, -0.2) is 16.9 Å². The van der Waals surface area contributed by atoms with E-state index >= 15 is 0 Å². The van der Waals surface area contributed by atoms with Crippen LogP contribution in [-0.2, 0) is 6.42 Å². The number of hydrogen-bond acceptors (Lipinski definition) is 4. The van der Waals surface area contributed by atoms with Crippen LogP contribution in [0.25, 0.3) is 11.1 Å². The van der Waals surface area contributed by atoms with Crippen LogP contribution in [0.5, 0.6) is 0 Å². The molecule has 0 saturated heterocycles. The van der Waals surface area contributed by atoms with E-state index in [1.165, 1.54) is 29.6 Å². The third-order valence-corrected chi connectivity index (χ3v) is 7.49. The van der Waals surface area contributed by atoms with Gasteiger partial charge in [0.15, 0.2) is 5.78 Å². The van der Waals surface area contributed by atoms with Crippen molar-refractivity contribution in [3.8, 4) is 11.1 Å². The molecule has 0 aliphatic heterocycles. The van der Waals surface area contributed by atoms with Crippen molar-refractivity contribution in [1.29, 1.82) is 0 Å². The molecule has 2 aromatic carbocycles. The maximum atomic E-state index is 12.7. The molecule has 3 aromatic rings. The second-order valence-electron chi connectivity index (χ2n) is 9.07. The molecular weight excluding hydrogens is 592 g/mol. The minimum absolute atomic E-state index is 0.00919. The molecule has 4 rings (SSSR count). The smallest absolute Gasteiger partial charge is 0.339 e. The van der Waals surface area contributed by atoms with E-state index in [1.807, 2.05) is 48.7 Å². The van der Waals surface area contributed by atoms with E-state index in [-0.39, 0.29) is 23.1 Å². The topological polar surface area (TPSA) is 66.4 Å². The van der Waals surface area contributed by atoms with Gasteiger partial charge in [0.1, 0.15) is 16.4 Å². The first-order valence-corrected chi connectivity index (χ1v) is 14.8. The maximum absolute atomic E-state index is 12.7. The number of halogens is 3. The summed E-state index contributed by atoms with van der Waals surface area (Å²) in [5.74, 6) is -1.14. The fourth-order valence-corrected chi connectivity index (χ4v) is 5.26. The number of hydrogen-bond donors (Lipinski definition) is 2. The first-order chi connectivity index (χ1) is 20.1. The van der Waals surface area contributed by atoms with Crippen LogP contribution in [0, 0.1) is 5.92 Å². The van der Waals surface area contributed by atoms with Crippen LogP contribution in [0.1, 0.15) is 53.0 Å². The Hall–Kier alpha value is -3.71. The molecule has 1 aliphatic rings. The van der Waals surface area contributed by atoms with Crippen molar-refractivity contribution in [1.82, 2.24) is 0 Å². The van der Waals surface area contributed by atoms with Crippen LogP contribution >= 0.6 is 34.5 Å². The summed E-state index contributed by atoms with van der Waals surface area (Å²) in [7, 11) is 0. The summed E-state index contributed by atoms with van der Waals surface area (Å²) in [6.07, 6.45) is 8.01. The van der Waals surface area contributed by atoms with Crippen LogP contribution in [0.15, 0.2) is 115 Å². The number of aromatic carboxylic acids is 1. The van der Waals surface area contributed by atoms with Crippen LogP contribution in [0.2, 0.25) is 5.02 Å². The Bertz CT molecular complexity index is 1490. The zero-order valence-electron chi connectivity index (χ0n) is 23.6. The lowest BCUT2D eigenvalue weighted by molar-refractivity contribution is 0.0699. The summed E-state index contributed by atoms with van der Waals surface area (Å²) in [5.41, 5.74) is 4.42. The molecule has 1 aliphatic carbocycles. The molecule has 2 N–H and O–H groups in total. The van der Waals surface area contributed by atoms with Gasteiger partial charge in [0.25, 0.3) is 0 Å². The molecule has 4 nitrogen and oxygen atoms in total. The Morgan fingerprint density at radius 3 is 2.29 bits per heavy atom. The Labute approximate surface area is 261 Å². The Morgan fingerprint density at radius 2 is 1.76 bits per heavy atom. The lowest BCUT2D eigenvalue weighted by Crippen LogP contribution is -2.24. The van der Waals surface area contributed by atoms with E-state index in [2.05, 4.69) is 31.1 Å². The van der Waals surface area contributed by atoms with Crippen molar-refractivity contribution in [3.05, 3.63) is 136 Å². The van der Waals surface area contributed by atoms with E-state index in [1.54, 1.807) is 19.1 Å². The fraction of sp³-hybridized carbons (Fsp3) is 0.176. The van der Waals surface area contributed by atoms with Gasteiger partial charge in [0, 0.05) is 44.6 Å². The average Bonchev–Trinajstić information content (AvgIpc) is 3.41. The van der Waals surface area contributed by atoms with Gasteiger partial charge in [-0.15, -0.1) is 11.3 Å². The molecule has 0 fully saturated rings. The number of nitrogens with one attached hydrogen (secondary N) is 1. The minimum Gasteiger partial charge on any atom is -0.478 e. The number of carbonyl (C=O) groups excluding carboxylic acids is 1. The first kappa shape index (κ1) is 34.5. The number of ketones is 1. The van der Waals surface area contributed by atoms with Gasteiger partial charge in [-0.2, -0.15) is 0 Å². The summed E-state index contributed by atoms with van der Waals surface area (Å²) in [6, 6.07) is 14.9. The minimum atomic E-state index is -0.991. The lowest BCUT2D eigenvalue weighted by Gasteiger charge is -2.26. The normalized spacial score (nSPS) is 14.3. The number of benzene rings is 2. The summed E-state index contributed by atoms with van der Waals surface area (Å²) in [4.78, 5) is 24.8. The van der Waals surface area contributed by atoms with E-state index in [0.29, 0.717) is 27.0 Å². The van der Waals surface area contributed by atoms with E-state index < -0.39 is 5.97 Å². The number of carboxylic acids is 1. The second kappa shape index (κ2) is 17.3. The number of allylic oxidation sites excluding steroid dienone is 7. The summed E-state index contributed by atoms with van der Waals surface area (Å²) in [5, 5.41) is 16.8. The van der Waals surface area contributed by atoms with Gasteiger partial charge in [0.05, 0.1) is 0 Å². The Balaban J connectivity index is 0.000000478. The largest absolute Gasteiger partial charge is 0.478 e. The van der Waals surface area contributed by atoms with Crippen molar-refractivity contribution >= 4 is 51.3 Å². The molecule has 0 radical (unpaired) electrons.